The second-order valence-corrected chi connectivity index (χ2v) is 3.67. The molecule has 0 bridgehead atoms. The van der Waals surface area contributed by atoms with Gasteiger partial charge in [0.15, 0.2) is 0 Å². The lowest BCUT2D eigenvalue weighted by atomic mass is 10.2. The van der Waals surface area contributed by atoms with Gasteiger partial charge in [-0.25, -0.2) is 0 Å². The number of benzene rings is 1. The van der Waals surface area contributed by atoms with Crippen molar-refractivity contribution in [3.63, 3.8) is 0 Å². The standard InChI is InChI=1S/C16H14O/c17-16(15-11-5-6-12-15)13-7-4-10-14-8-2-1-3-9-14/h1-13,17H/p-1. The van der Waals surface area contributed by atoms with E-state index in [4.69, 9.17) is 0 Å². The van der Waals surface area contributed by atoms with Crippen LogP contribution >= 0.6 is 0 Å². The molecule has 0 aliphatic heterocycles. The van der Waals surface area contributed by atoms with E-state index < -0.39 is 0 Å². The van der Waals surface area contributed by atoms with Crippen LogP contribution in [0.25, 0.3) is 6.08 Å². The van der Waals surface area contributed by atoms with Crippen molar-refractivity contribution < 1.29 is 5.11 Å². The summed E-state index contributed by atoms with van der Waals surface area (Å²) < 4.78 is 0. The summed E-state index contributed by atoms with van der Waals surface area (Å²) in [6.45, 7) is 0. The van der Waals surface area contributed by atoms with E-state index in [1.54, 1.807) is 12.2 Å². The van der Waals surface area contributed by atoms with Crippen LogP contribution in [-0.4, -0.2) is 0 Å². The molecule has 1 heteroatoms. The highest BCUT2D eigenvalue weighted by atomic mass is 16.3. The molecule has 1 aromatic rings. The summed E-state index contributed by atoms with van der Waals surface area (Å²) >= 11 is 0. The van der Waals surface area contributed by atoms with Crippen LogP contribution < -0.4 is 5.11 Å². The van der Waals surface area contributed by atoms with Crippen molar-refractivity contribution in [2.75, 3.05) is 0 Å². The zero-order valence-corrected chi connectivity index (χ0v) is 9.41. The second-order valence-electron chi connectivity index (χ2n) is 3.67. The Morgan fingerprint density at radius 2 is 1.65 bits per heavy atom. The highest BCUT2D eigenvalue weighted by molar-refractivity contribution is 5.51. The third-order valence-electron chi connectivity index (χ3n) is 2.39. The van der Waals surface area contributed by atoms with Crippen molar-refractivity contribution in [2.24, 2.45) is 0 Å². The molecule has 1 nitrogen and oxygen atoms in total. The average molecular weight is 221 g/mol. The van der Waals surface area contributed by atoms with E-state index in [1.807, 2.05) is 66.8 Å². The van der Waals surface area contributed by atoms with Gasteiger partial charge in [-0.2, -0.15) is 0 Å². The van der Waals surface area contributed by atoms with E-state index in [9.17, 15) is 5.11 Å². The lowest BCUT2D eigenvalue weighted by Gasteiger charge is -2.07. The van der Waals surface area contributed by atoms with E-state index in [0.29, 0.717) is 0 Å². The minimum absolute atomic E-state index is 0.0349. The minimum atomic E-state index is 0.0349. The number of allylic oxidation sites excluding steroid dienone is 8. The van der Waals surface area contributed by atoms with Crippen LogP contribution in [0.4, 0.5) is 0 Å². The van der Waals surface area contributed by atoms with Gasteiger partial charge in [-0.1, -0.05) is 78.9 Å². The fourth-order valence-corrected chi connectivity index (χ4v) is 1.51. The van der Waals surface area contributed by atoms with Gasteiger partial charge in [0.25, 0.3) is 0 Å². The Balaban J connectivity index is 1.99. The smallest absolute Gasteiger partial charge is 0.0257 e. The fourth-order valence-electron chi connectivity index (χ4n) is 1.51. The van der Waals surface area contributed by atoms with Gasteiger partial charge in [-0.05, 0) is 11.1 Å². The Morgan fingerprint density at radius 1 is 0.941 bits per heavy atom. The van der Waals surface area contributed by atoms with Crippen LogP contribution in [0.15, 0.2) is 84.2 Å². The first-order valence-electron chi connectivity index (χ1n) is 5.52. The van der Waals surface area contributed by atoms with Crippen molar-refractivity contribution in [2.45, 2.75) is 0 Å². The third kappa shape index (κ3) is 3.35. The van der Waals surface area contributed by atoms with Gasteiger partial charge in [-0.3, -0.25) is 0 Å². The van der Waals surface area contributed by atoms with E-state index in [-0.39, 0.29) is 5.76 Å². The highest BCUT2D eigenvalue weighted by Gasteiger charge is 1.89. The molecule has 0 atom stereocenters. The fraction of sp³-hybridized carbons (Fsp3) is 0. The van der Waals surface area contributed by atoms with Crippen LogP contribution in [0.1, 0.15) is 5.56 Å². The molecule has 0 fully saturated rings. The molecule has 0 spiro atoms. The van der Waals surface area contributed by atoms with Crippen LogP contribution in [-0.2, 0) is 0 Å². The van der Waals surface area contributed by atoms with Gasteiger partial charge in [-0.15, -0.1) is 5.76 Å². The normalized spacial score (nSPS) is 14.2. The molecule has 17 heavy (non-hydrogen) atoms. The van der Waals surface area contributed by atoms with Gasteiger partial charge in [0, 0.05) is 0 Å². The summed E-state index contributed by atoms with van der Waals surface area (Å²) in [5, 5.41) is 11.6. The summed E-state index contributed by atoms with van der Waals surface area (Å²) in [6.07, 6.45) is 14.5. The molecule has 84 valence electrons. The lowest BCUT2D eigenvalue weighted by Crippen LogP contribution is -2.01. The van der Waals surface area contributed by atoms with Crippen molar-refractivity contribution in [3.05, 3.63) is 89.8 Å². The van der Waals surface area contributed by atoms with Crippen LogP contribution in [0.2, 0.25) is 0 Å². The zero-order valence-electron chi connectivity index (χ0n) is 9.41. The van der Waals surface area contributed by atoms with Gasteiger partial charge in [0.05, 0.1) is 0 Å². The monoisotopic (exact) mass is 221 g/mol. The lowest BCUT2D eigenvalue weighted by molar-refractivity contribution is -0.295. The molecule has 0 amide bonds. The first-order valence-corrected chi connectivity index (χ1v) is 5.52. The van der Waals surface area contributed by atoms with Crippen LogP contribution in [0.3, 0.4) is 0 Å². The van der Waals surface area contributed by atoms with E-state index in [0.717, 1.165) is 11.1 Å². The molecule has 0 heterocycles. The molecular weight excluding hydrogens is 208 g/mol. The average Bonchev–Trinajstić information content (AvgIpc) is 2.89. The largest absolute Gasteiger partial charge is 0.872 e. The zero-order chi connectivity index (χ0) is 11.9. The molecular formula is C16H13O-. The van der Waals surface area contributed by atoms with Crippen molar-refractivity contribution in [1.29, 1.82) is 0 Å². The minimum Gasteiger partial charge on any atom is -0.872 e. The molecule has 1 aliphatic carbocycles. The highest BCUT2D eigenvalue weighted by Crippen LogP contribution is 2.10. The Hall–Kier alpha value is -2.28. The van der Waals surface area contributed by atoms with Crippen LogP contribution in [0, 0.1) is 0 Å². The second kappa shape index (κ2) is 5.71. The number of hydrogen-bond donors (Lipinski definition) is 0. The molecule has 0 unspecified atom stereocenters. The van der Waals surface area contributed by atoms with Gasteiger partial charge >= 0.3 is 0 Å². The molecule has 0 radical (unpaired) electrons. The van der Waals surface area contributed by atoms with Gasteiger partial charge in [0.2, 0.25) is 0 Å². The Morgan fingerprint density at radius 3 is 2.35 bits per heavy atom. The Bertz CT molecular complexity index is 500. The molecule has 2 rings (SSSR count). The van der Waals surface area contributed by atoms with Crippen molar-refractivity contribution in [1.82, 2.24) is 0 Å². The SMILES string of the molecule is [O-]C(C=CC=Cc1ccccc1)=C1C=CC=C1. The van der Waals surface area contributed by atoms with E-state index >= 15 is 0 Å². The summed E-state index contributed by atoms with van der Waals surface area (Å²) in [5.74, 6) is 0.0349. The van der Waals surface area contributed by atoms with Crippen LogP contribution in [0.5, 0.6) is 0 Å². The summed E-state index contributed by atoms with van der Waals surface area (Å²) in [6, 6.07) is 9.98. The maximum absolute atomic E-state index is 11.6. The molecule has 1 aromatic carbocycles. The molecule has 0 N–H and O–H groups in total. The van der Waals surface area contributed by atoms with Gasteiger partial charge in [0.1, 0.15) is 0 Å². The Labute approximate surface area is 101 Å². The van der Waals surface area contributed by atoms with E-state index in [2.05, 4.69) is 0 Å². The van der Waals surface area contributed by atoms with Gasteiger partial charge < -0.3 is 5.11 Å². The number of rotatable bonds is 3. The van der Waals surface area contributed by atoms with Crippen molar-refractivity contribution in [3.8, 4) is 0 Å². The molecule has 1 aliphatic rings. The summed E-state index contributed by atoms with van der Waals surface area (Å²) in [5.41, 5.74) is 1.85. The number of hydrogen-bond acceptors (Lipinski definition) is 1. The molecule has 0 aromatic heterocycles. The first kappa shape index (κ1) is 11.2. The maximum Gasteiger partial charge on any atom is -0.0257 e. The predicted octanol–water partition coefficient (Wildman–Crippen LogP) is 3.00. The topological polar surface area (TPSA) is 23.1 Å². The summed E-state index contributed by atoms with van der Waals surface area (Å²) in [4.78, 5) is 0. The Kier molecular flexibility index (Phi) is 3.77. The molecule has 0 saturated carbocycles. The van der Waals surface area contributed by atoms with Crippen molar-refractivity contribution >= 4 is 6.08 Å². The summed E-state index contributed by atoms with van der Waals surface area (Å²) in [7, 11) is 0. The molecule has 0 saturated heterocycles. The van der Waals surface area contributed by atoms with E-state index in [1.165, 1.54) is 0 Å². The quantitative estimate of drug-likeness (QED) is 0.568. The predicted molar refractivity (Wildman–Crippen MR) is 69.9 cm³/mol. The third-order valence-corrected chi connectivity index (χ3v) is 2.39. The maximum atomic E-state index is 11.6. The first-order chi connectivity index (χ1) is 8.36.